The van der Waals surface area contributed by atoms with E-state index in [0.29, 0.717) is 13.0 Å². The molecule has 0 aromatic rings. The van der Waals surface area contributed by atoms with Crippen molar-refractivity contribution in [3.8, 4) is 0 Å². The van der Waals surface area contributed by atoms with Gasteiger partial charge in [-0.1, -0.05) is 0 Å². The van der Waals surface area contributed by atoms with Crippen molar-refractivity contribution >= 4 is 15.7 Å². The molecule has 0 aliphatic heterocycles. The summed E-state index contributed by atoms with van der Waals surface area (Å²) in [5.41, 5.74) is 0. The molecule has 0 aromatic heterocycles. The number of nitrogens with one attached hydrogen (secondary N) is 1. The molecule has 0 fully saturated rings. The first-order valence-electron chi connectivity index (χ1n) is 3.07. The van der Waals surface area contributed by atoms with Crippen molar-refractivity contribution in [2.24, 2.45) is 0 Å². The maximum absolute atomic E-state index is 9.79. The van der Waals surface area contributed by atoms with Crippen molar-refractivity contribution in [3.63, 3.8) is 0 Å². The van der Waals surface area contributed by atoms with Gasteiger partial charge in [0.1, 0.15) is 0 Å². The molecule has 1 N–H and O–H groups in total. The molecule has 0 aliphatic carbocycles. The molecule has 0 aromatic carbocycles. The Morgan fingerprint density at radius 1 is 1.50 bits per heavy atom. The van der Waals surface area contributed by atoms with Gasteiger partial charge in [-0.15, -0.1) is 0 Å². The van der Waals surface area contributed by atoms with Gasteiger partial charge in [0.15, 0.2) is 0 Å². The fraction of sp³-hybridized carbons (Fsp3) is 0.800. The van der Waals surface area contributed by atoms with Gasteiger partial charge in [-0.3, -0.25) is 4.79 Å². The third-order valence-corrected chi connectivity index (χ3v) is 2.95. The van der Waals surface area contributed by atoms with E-state index in [4.69, 9.17) is 8.85 Å². The molecule has 0 atom stereocenters. The molecule has 5 heteroatoms. The van der Waals surface area contributed by atoms with Crippen LogP contribution in [0.5, 0.6) is 0 Å². The third-order valence-electron chi connectivity index (χ3n) is 1.13. The fourth-order valence-corrected chi connectivity index (χ4v) is 1.66. The van der Waals surface area contributed by atoms with Crippen LogP contribution in [0.1, 0.15) is 0 Å². The van der Waals surface area contributed by atoms with Crippen LogP contribution in [0.25, 0.3) is 0 Å². The van der Waals surface area contributed by atoms with Crippen LogP contribution in [0.4, 0.5) is 0 Å². The minimum absolute atomic E-state index is 0.641. The van der Waals surface area contributed by atoms with Crippen LogP contribution >= 0.6 is 0 Å². The van der Waals surface area contributed by atoms with Crippen LogP contribution in [0.15, 0.2) is 0 Å². The van der Waals surface area contributed by atoms with Crippen molar-refractivity contribution in [3.05, 3.63) is 0 Å². The molecule has 0 aliphatic rings. The Kier molecular flexibility index (Phi) is 6.46. The fourth-order valence-electron chi connectivity index (χ4n) is 0.592. The van der Waals surface area contributed by atoms with Gasteiger partial charge >= 0.3 is 9.28 Å². The maximum atomic E-state index is 9.79. The van der Waals surface area contributed by atoms with Gasteiger partial charge in [0.25, 0.3) is 0 Å². The van der Waals surface area contributed by atoms with E-state index in [1.807, 2.05) is 0 Å². The van der Waals surface area contributed by atoms with Gasteiger partial charge in [0, 0.05) is 26.8 Å². The highest BCUT2D eigenvalue weighted by Crippen LogP contribution is 1.90. The van der Waals surface area contributed by atoms with E-state index in [9.17, 15) is 4.79 Å². The normalized spacial score (nSPS) is 9.90. The molecule has 10 heavy (non-hydrogen) atoms. The molecule has 0 unspecified atom stereocenters. The highest BCUT2D eigenvalue weighted by Gasteiger charge is 2.06. The molecule has 0 spiro atoms. The first-order chi connectivity index (χ1) is 4.85. The van der Waals surface area contributed by atoms with E-state index < -0.39 is 9.28 Å². The number of carbonyl (C=O) groups excluding carboxylic acids is 1. The number of hydrogen-bond acceptors (Lipinski definition) is 3. The van der Waals surface area contributed by atoms with E-state index in [1.54, 1.807) is 14.2 Å². The molecule has 4 nitrogen and oxygen atoms in total. The topological polar surface area (TPSA) is 47.6 Å². The lowest BCUT2D eigenvalue weighted by molar-refractivity contribution is -0.109. The summed E-state index contributed by atoms with van der Waals surface area (Å²) in [5, 5.41) is 2.54. The van der Waals surface area contributed by atoms with Crippen molar-refractivity contribution < 1.29 is 13.6 Å². The summed E-state index contributed by atoms with van der Waals surface area (Å²) in [6.45, 7) is 0.641. The number of rotatable bonds is 6. The molecule has 1 amide bonds. The van der Waals surface area contributed by atoms with E-state index in [1.165, 1.54) is 0 Å². The highest BCUT2D eigenvalue weighted by molar-refractivity contribution is 6.44. The Balaban J connectivity index is 3.16. The highest BCUT2D eigenvalue weighted by atomic mass is 28.3. The minimum Gasteiger partial charge on any atom is -0.400 e. The second kappa shape index (κ2) is 6.72. The number of amides is 1. The van der Waals surface area contributed by atoms with E-state index in [0.717, 1.165) is 6.04 Å². The molecular formula is C5H13NO3Si. The summed E-state index contributed by atoms with van der Waals surface area (Å²) in [7, 11) is 1.81. The van der Waals surface area contributed by atoms with E-state index in [-0.39, 0.29) is 0 Å². The van der Waals surface area contributed by atoms with Gasteiger partial charge in [-0.2, -0.15) is 0 Å². The third kappa shape index (κ3) is 4.48. The van der Waals surface area contributed by atoms with Crippen LogP contribution < -0.4 is 5.32 Å². The van der Waals surface area contributed by atoms with Crippen molar-refractivity contribution in [2.75, 3.05) is 20.8 Å². The number of hydrogen-bond donors (Lipinski definition) is 1. The van der Waals surface area contributed by atoms with Gasteiger partial charge in [-0.25, -0.2) is 0 Å². The van der Waals surface area contributed by atoms with Gasteiger partial charge in [-0.05, 0) is 0 Å². The zero-order chi connectivity index (χ0) is 7.82. The summed E-state index contributed by atoms with van der Waals surface area (Å²) < 4.78 is 10.0. The summed E-state index contributed by atoms with van der Waals surface area (Å²) in [6.07, 6.45) is 0.677. The Labute approximate surface area is 62.4 Å². The zero-order valence-electron chi connectivity index (χ0n) is 6.29. The van der Waals surface area contributed by atoms with E-state index >= 15 is 0 Å². The summed E-state index contributed by atoms with van der Waals surface area (Å²) in [4.78, 5) is 9.79. The molecular weight excluding hydrogens is 150 g/mol. The second-order valence-electron chi connectivity index (χ2n) is 1.76. The summed E-state index contributed by atoms with van der Waals surface area (Å²) >= 11 is 0. The quantitative estimate of drug-likeness (QED) is 0.318. The average Bonchev–Trinajstić information content (AvgIpc) is 1.99. The average molecular weight is 163 g/mol. The minimum atomic E-state index is -1.45. The maximum Gasteiger partial charge on any atom is 0.322 e. The van der Waals surface area contributed by atoms with Gasteiger partial charge in [0.05, 0.1) is 0 Å². The van der Waals surface area contributed by atoms with E-state index in [2.05, 4.69) is 5.32 Å². The molecule has 60 valence electrons. The second-order valence-corrected chi connectivity index (χ2v) is 4.14. The lowest BCUT2D eigenvalue weighted by atomic mass is 10.8. The van der Waals surface area contributed by atoms with Crippen LogP contribution in [-0.2, 0) is 13.6 Å². The molecule has 0 radical (unpaired) electrons. The van der Waals surface area contributed by atoms with Crippen molar-refractivity contribution in [2.45, 2.75) is 6.04 Å². The molecule has 0 bridgehead atoms. The van der Waals surface area contributed by atoms with Crippen LogP contribution in [0, 0.1) is 0 Å². The standard InChI is InChI=1S/C5H13NO3Si/c1-8-10(9-2)4-3-6-5-7/h5,10H,3-4H2,1-2H3,(H,6,7). The van der Waals surface area contributed by atoms with Crippen molar-refractivity contribution in [1.29, 1.82) is 0 Å². The SMILES string of the molecule is CO[SiH](CCNC=O)OC. The lowest BCUT2D eigenvalue weighted by Crippen LogP contribution is -2.25. The molecule has 0 saturated carbocycles. The Morgan fingerprint density at radius 2 is 2.10 bits per heavy atom. The summed E-state index contributed by atoms with van der Waals surface area (Å²) in [5.74, 6) is 0. The first-order valence-corrected chi connectivity index (χ1v) is 4.83. The van der Waals surface area contributed by atoms with Crippen LogP contribution in [0.2, 0.25) is 6.04 Å². The first kappa shape index (κ1) is 9.61. The van der Waals surface area contributed by atoms with Crippen LogP contribution in [-0.4, -0.2) is 36.5 Å². The smallest absolute Gasteiger partial charge is 0.322 e. The Bertz CT molecular complexity index is 87.0. The summed E-state index contributed by atoms with van der Waals surface area (Å²) in [6, 6.07) is 0.811. The largest absolute Gasteiger partial charge is 0.400 e. The monoisotopic (exact) mass is 163 g/mol. The van der Waals surface area contributed by atoms with Crippen molar-refractivity contribution in [1.82, 2.24) is 5.32 Å². The Morgan fingerprint density at radius 3 is 2.50 bits per heavy atom. The van der Waals surface area contributed by atoms with Gasteiger partial charge in [0.2, 0.25) is 6.41 Å². The van der Waals surface area contributed by atoms with Crippen LogP contribution in [0.3, 0.4) is 0 Å². The predicted molar refractivity (Wildman–Crippen MR) is 40.0 cm³/mol. The molecule has 0 rings (SSSR count). The lowest BCUT2D eigenvalue weighted by Gasteiger charge is -2.09. The van der Waals surface area contributed by atoms with Gasteiger partial charge < -0.3 is 14.2 Å². The Hall–Kier alpha value is -0.393. The molecule has 0 saturated heterocycles. The molecule has 0 heterocycles. The zero-order valence-corrected chi connectivity index (χ0v) is 7.45. The number of carbonyl (C=O) groups is 1. The predicted octanol–water partition coefficient (Wildman–Crippen LogP) is -0.754.